The molecule has 0 bridgehead atoms. The molecule has 0 saturated carbocycles. The summed E-state index contributed by atoms with van der Waals surface area (Å²) in [5, 5.41) is 12.3. The van der Waals surface area contributed by atoms with Crippen LogP contribution in [0.1, 0.15) is 40.0 Å². The fourth-order valence-electron chi connectivity index (χ4n) is 2.55. The number of nitriles is 1. The van der Waals surface area contributed by atoms with Crippen molar-refractivity contribution in [2.75, 3.05) is 20.1 Å². The lowest BCUT2D eigenvalue weighted by Gasteiger charge is -2.38. The Hall–Kier alpha value is -0.590. The van der Waals surface area contributed by atoms with Crippen LogP contribution in [0.15, 0.2) is 0 Å². The molecular weight excluding hydrogens is 198 g/mol. The maximum Gasteiger partial charge on any atom is 0.105 e. The van der Waals surface area contributed by atoms with Gasteiger partial charge in [-0.1, -0.05) is 6.92 Å². The molecule has 0 aromatic carbocycles. The van der Waals surface area contributed by atoms with Gasteiger partial charge in [0.1, 0.15) is 5.54 Å². The fraction of sp³-hybridized carbons (Fsp3) is 0.923. The van der Waals surface area contributed by atoms with E-state index in [9.17, 15) is 0 Å². The predicted molar refractivity (Wildman–Crippen MR) is 67.1 cm³/mol. The smallest absolute Gasteiger partial charge is 0.105 e. The number of nitrogens with zero attached hydrogens (tertiary/aromatic N) is 2. The van der Waals surface area contributed by atoms with E-state index >= 15 is 0 Å². The summed E-state index contributed by atoms with van der Waals surface area (Å²) in [7, 11) is 1.87. The molecule has 92 valence electrons. The van der Waals surface area contributed by atoms with E-state index in [2.05, 4.69) is 30.1 Å². The van der Waals surface area contributed by atoms with Gasteiger partial charge in [-0.05, 0) is 52.6 Å². The highest BCUT2D eigenvalue weighted by atomic mass is 15.2. The van der Waals surface area contributed by atoms with Crippen LogP contribution in [-0.4, -0.2) is 36.6 Å². The van der Waals surface area contributed by atoms with Crippen molar-refractivity contribution in [3.8, 4) is 6.07 Å². The van der Waals surface area contributed by atoms with Crippen molar-refractivity contribution in [3.63, 3.8) is 0 Å². The molecule has 1 saturated heterocycles. The highest BCUT2D eigenvalue weighted by molar-refractivity contribution is 5.04. The van der Waals surface area contributed by atoms with E-state index < -0.39 is 0 Å². The van der Waals surface area contributed by atoms with Gasteiger partial charge >= 0.3 is 0 Å². The van der Waals surface area contributed by atoms with Gasteiger partial charge in [0, 0.05) is 12.6 Å². The van der Waals surface area contributed by atoms with Crippen molar-refractivity contribution in [2.24, 2.45) is 5.92 Å². The first-order chi connectivity index (χ1) is 7.50. The van der Waals surface area contributed by atoms with Crippen LogP contribution >= 0.6 is 0 Å². The van der Waals surface area contributed by atoms with E-state index in [0.717, 1.165) is 12.3 Å². The van der Waals surface area contributed by atoms with Gasteiger partial charge in [0.2, 0.25) is 0 Å². The van der Waals surface area contributed by atoms with Gasteiger partial charge in [-0.25, -0.2) is 0 Å². The molecule has 0 spiro atoms. The molecule has 1 fully saturated rings. The van der Waals surface area contributed by atoms with Crippen molar-refractivity contribution in [1.82, 2.24) is 10.2 Å². The first-order valence-electron chi connectivity index (χ1n) is 6.35. The quantitative estimate of drug-likeness (QED) is 0.792. The molecule has 16 heavy (non-hydrogen) atoms. The molecule has 0 radical (unpaired) electrons. The van der Waals surface area contributed by atoms with Crippen LogP contribution in [-0.2, 0) is 0 Å². The molecule has 0 aliphatic carbocycles. The van der Waals surface area contributed by atoms with E-state index in [0.29, 0.717) is 6.04 Å². The Labute approximate surface area is 99.8 Å². The molecular formula is C13H25N3. The minimum Gasteiger partial charge on any atom is -0.303 e. The van der Waals surface area contributed by atoms with Crippen molar-refractivity contribution < 1.29 is 0 Å². The first kappa shape index (κ1) is 13.5. The minimum absolute atomic E-state index is 0.389. The largest absolute Gasteiger partial charge is 0.303 e. The number of likely N-dealkylation sites (tertiary alicyclic amines) is 1. The Kier molecular flexibility index (Phi) is 4.76. The van der Waals surface area contributed by atoms with Gasteiger partial charge in [-0.15, -0.1) is 0 Å². The van der Waals surface area contributed by atoms with Gasteiger partial charge in [-0.3, -0.25) is 0 Å². The summed E-state index contributed by atoms with van der Waals surface area (Å²) in [6.45, 7) is 8.92. The Bertz CT molecular complexity index is 258. The van der Waals surface area contributed by atoms with E-state index in [4.69, 9.17) is 5.26 Å². The lowest BCUT2D eigenvalue weighted by Crippen LogP contribution is -2.48. The second-order valence-electron chi connectivity index (χ2n) is 5.49. The summed E-state index contributed by atoms with van der Waals surface area (Å²) in [5.41, 5.74) is -0.389. The van der Waals surface area contributed by atoms with E-state index in [1.54, 1.807) is 0 Å². The molecule has 3 unspecified atom stereocenters. The topological polar surface area (TPSA) is 39.1 Å². The van der Waals surface area contributed by atoms with Crippen LogP contribution in [0.2, 0.25) is 0 Å². The lowest BCUT2D eigenvalue weighted by atomic mass is 9.92. The van der Waals surface area contributed by atoms with Crippen molar-refractivity contribution in [1.29, 1.82) is 5.26 Å². The van der Waals surface area contributed by atoms with Gasteiger partial charge in [-0.2, -0.15) is 5.26 Å². The second kappa shape index (κ2) is 5.65. The Morgan fingerprint density at radius 2 is 2.31 bits per heavy atom. The summed E-state index contributed by atoms with van der Waals surface area (Å²) in [6, 6.07) is 2.86. The maximum absolute atomic E-state index is 9.15. The monoisotopic (exact) mass is 223 g/mol. The standard InChI is InChI=1S/C13H25N3/c1-11-6-5-7-16(9-11)12(2)8-13(3,10-14)15-4/h11-12,15H,5-9H2,1-4H3. The summed E-state index contributed by atoms with van der Waals surface area (Å²) < 4.78 is 0. The zero-order valence-electron chi connectivity index (χ0n) is 11.1. The van der Waals surface area contributed by atoms with Crippen LogP contribution < -0.4 is 5.32 Å². The van der Waals surface area contributed by atoms with Crippen molar-refractivity contribution in [2.45, 2.75) is 51.6 Å². The molecule has 0 aromatic heterocycles. The molecule has 1 N–H and O–H groups in total. The average molecular weight is 223 g/mol. The highest BCUT2D eigenvalue weighted by Gasteiger charge is 2.28. The van der Waals surface area contributed by atoms with Gasteiger partial charge < -0.3 is 10.2 Å². The molecule has 1 aliphatic rings. The molecule has 3 heteroatoms. The fourth-order valence-corrected chi connectivity index (χ4v) is 2.55. The first-order valence-corrected chi connectivity index (χ1v) is 6.35. The number of piperidine rings is 1. The zero-order chi connectivity index (χ0) is 12.2. The molecule has 0 aromatic rings. The van der Waals surface area contributed by atoms with Crippen molar-refractivity contribution >= 4 is 0 Å². The number of nitrogens with one attached hydrogen (secondary N) is 1. The molecule has 1 rings (SSSR count). The van der Waals surface area contributed by atoms with Crippen LogP contribution in [0.5, 0.6) is 0 Å². The molecule has 1 heterocycles. The summed E-state index contributed by atoms with van der Waals surface area (Å²) in [5.74, 6) is 0.805. The van der Waals surface area contributed by atoms with E-state index in [-0.39, 0.29) is 5.54 Å². The van der Waals surface area contributed by atoms with Crippen molar-refractivity contribution in [3.05, 3.63) is 0 Å². The van der Waals surface area contributed by atoms with Gasteiger partial charge in [0.25, 0.3) is 0 Å². The Balaban J connectivity index is 2.51. The Morgan fingerprint density at radius 1 is 1.62 bits per heavy atom. The summed E-state index contributed by atoms with van der Waals surface area (Å²) >= 11 is 0. The number of hydrogen-bond donors (Lipinski definition) is 1. The minimum atomic E-state index is -0.389. The average Bonchev–Trinajstić information content (AvgIpc) is 2.29. The van der Waals surface area contributed by atoms with Crippen LogP contribution in [0.3, 0.4) is 0 Å². The van der Waals surface area contributed by atoms with E-state index in [1.807, 2.05) is 14.0 Å². The van der Waals surface area contributed by atoms with E-state index in [1.165, 1.54) is 25.9 Å². The summed E-state index contributed by atoms with van der Waals surface area (Å²) in [4.78, 5) is 2.53. The molecule has 0 amide bonds. The second-order valence-corrected chi connectivity index (χ2v) is 5.49. The molecule has 3 atom stereocenters. The summed E-state index contributed by atoms with van der Waals surface area (Å²) in [6.07, 6.45) is 3.55. The predicted octanol–water partition coefficient (Wildman–Crippen LogP) is 2.00. The van der Waals surface area contributed by atoms with Crippen LogP contribution in [0.4, 0.5) is 0 Å². The van der Waals surface area contributed by atoms with Gasteiger partial charge in [0.15, 0.2) is 0 Å². The third kappa shape index (κ3) is 3.47. The highest BCUT2D eigenvalue weighted by Crippen LogP contribution is 2.22. The third-order valence-corrected chi connectivity index (χ3v) is 3.81. The maximum atomic E-state index is 9.15. The van der Waals surface area contributed by atoms with Crippen LogP contribution in [0.25, 0.3) is 0 Å². The Morgan fingerprint density at radius 3 is 2.81 bits per heavy atom. The van der Waals surface area contributed by atoms with Gasteiger partial charge in [0.05, 0.1) is 6.07 Å². The SMILES string of the molecule is CNC(C)(C#N)CC(C)N1CCCC(C)C1. The third-order valence-electron chi connectivity index (χ3n) is 3.81. The zero-order valence-corrected chi connectivity index (χ0v) is 11.1. The normalized spacial score (nSPS) is 28.1. The number of rotatable bonds is 4. The number of hydrogen-bond acceptors (Lipinski definition) is 3. The lowest BCUT2D eigenvalue weighted by molar-refractivity contribution is 0.121. The molecule has 3 nitrogen and oxygen atoms in total. The van der Waals surface area contributed by atoms with Crippen LogP contribution in [0, 0.1) is 17.2 Å². The molecule has 1 aliphatic heterocycles.